The van der Waals surface area contributed by atoms with Crippen molar-refractivity contribution < 1.29 is 14.3 Å². The van der Waals surface area contributed by atoms with E-state index in [4.69, 9.17) is 4.74 Å². The number of para-hydroxylation sites is 1. The summed E-state index contributed by atoms with van der Waals surface area (Å²) in [6.45, 7) is 0. The minimum atomic E-state index is -0.618. The molecule has 2 amide bonds. The van der Waals surface area contributed by atoms with E-state index in [0.717, 1.165) is 14.8 Å². The van der Waals surface area contributed by atoms with Crippen LogP contribution in [0.25, 0.3) is 0 Å². The van der Waals surface area contributed by atoms with E-state index in [0.29, 0.717) is 24.3 Å². The molecule has 0 spiro atoms. The zero-order valence-electron chi connectivity index (χ0n) is 16.3. The lowest BCUT2D eigenvalue weighted by Gasteiger charge is -2.22. The number of ether oxygens (including phenoxy) is 1. The predicted molar refractivity (Wildman–Crippen MR) is 123 cm³/mol. The first-order valence-corrected chi connectivity index (χ1v) is 10.6. The van der Waals surface area contributed by atoms with Gasteiger partial charge < -0.3 is 15.0 Å². The Morgan fingerprint density at radius 1 is 1.13 bits per heavy atom. The van der Waals surface area contributed by atoms with E-state index >= 15 is 0 Å². The van der Waals surface area contributed by atoms with Gasteiger partial charge in [0.2, 0.25) is 5.91 Å². The smallest absolute Gasteiger partial charge is 0.270 e. The number of amides is 2. The fourth-order valence-electron chi connectivity index (χ4n) is 3.43. The minimum Gasteiger partial charge on any atom is -0.457 e. The number of fused-ring (bicyclic) bond motifs is 1. The minimum absolute atomic E-state index is 0.138. The first-order chi connectivity index (χ1) is 14.5. The molecule has 1 unspecified atom stereocenters. The summed E-state index contributed by atoms with van der Waals surface area (Å²) in [4.78, 5) is 31.5. The zero-order valence-corrected chi connectivity index (χ0v) is 18.5. The van der Waals surface area contributed by atoms with Crippen molar-refractivity contribution in [3.8, 4) is 11.5 Å². The summed E-state index contributed by atoms with van der Waals surface area (Å²) >= 11 is 2.23. The molecule has 1 N–H and O–H groups in total. The summed E-state index contributed by atoms with van der Waals surface area (Å²) in [5, 5.41) is 2.85. The van der Waals surface area contributed by atoms with Gasteiger partial charge in [0.1, 0.15) is 23.2 Å². The molecule has 2 heterocycles. The molecule has 1 aliphatic heterocycles. The first-order valence-electron chi connectivity index (χ1n) is 9.57. The van der Waals surface area contributed by atoms with Crippen LogP contribution in [0.15, 0.2) is 66.9 Å². The number of carbonyl (C=O) groups excluding carboxylic acids is 2. The van der Waals surface area contributed by atoms with Crippen LogP contribution in [0.2, 0.25) is 0 Å². The van der Waals surface area contributed by atoms with Gasteiger partial charge in [-0.05, 0) is 71.3 Å². The molecule has 7 heteroatoms. The number of carbonyl (C=O) groups is 2. The van der Waals surface area contributed by atoms with Gasteiger partial charge in [-0.15, -0.1) is 0 Å². The third kappa shape index (κ3) is 4.46. The standard InChI is InChI=1S/C23H20IN3O3/c1-27-21-13-16(24)9-7-15(21)8-10-19(23(27)29)26-22(28)20-14-18(11-12-25-20)30-17-5-3-2-4-6-17/h2-7,9,11-14,19H,8,10H2,1H3,(H,26,28). The topological polar surface area (TPSA) is 71.5 Å². The van der Waals surface area contributed by atoms with Crippen LogP contribution in [0.5, 0.6) is 11.5 Å². The Bertz CT molecular complexity index is 1090. The quantitative estimate of drug-likeness (QED) is 0.532. The van der Waals surface area contributed by atoms with Crippen molar-refractivity contribution in [2.24, 2.45) is 0 Å². The van der Waals surface area contributed by atoms with E-state index in [2.05, 4.69) is 32.9 Å². The van der Waals surface area contributed by atoms with E-state index < -0.39 is 11.9 Å². The van der Waals surface area contributed by atoms with Gasteiger partial charge in [-0.2, -0.15) is 0 Å². The molecule has 0 saturated carbocycles. The van der Waals surface area contributed by atoms with Crippen molar-refractivity contribution in [3.63, 3.8) is 0 Å². The molecule has 0 saturated heterocycles. The fourth-order valence-corrected chi connectivity index (χ4v) is 3.90. The summed E-state index contributed by atoms with van der Waals surface area (Å²) in [6.07, 6.45) is 2.76. The van der Waals surface area contributed by atoms with Crippen LogP contribution in [0.1, 0.15) is 22.5 Å². The van der Waals surface area contributed by atoms with E-state index in [1.165, 1.54) is 6.20 Å². The van der Waals surface area contributed by atoms with Gasteiger partial charge in [0, 0.05) is 28.6 Å². The maximum absolute atomic E-state index is 13.0. The molecule has 1 atom stereocenters. The van der Waals surface area contributed by atoms with E-state index in [9.17, 15) is 9.59 Å². The van der Waals surface area contributed by atoms with Crippen molar-refractivity contribution >= 4 is 40.1 Å². The maximum Gasteiger partial charge on any atom is 0.270 e. The summed E-state index contributed by atoms with van der Waals surface area (Å²) in [5.74, 6) is 0.636. The first kappa shape index (κ1) is 20.3. The second-order valence-corrected chi connectivity index (χ2v) is 8.27. The molecule has 2 aromatic carbocycles. The summed E-state index contributed by atoms with van der Waals surface area (Å²) in [5.41, 5.74) is 2.19. The zero-order chi connectivity index (χ0) is 21.1. The number of halogens is 1. The molecular weight excluding hydrogens is 493 g/mol. The summed E-state index contributed by atoms with van der Waals surface area (Å²) in [6, 6.07) is 18.0. The van der Waals surface area contributed by atoms with Gasteiger partial charge in [0.15, 0.2) is 0 Å². The second kappa shape index (κ2) is 8.83. The monoisotopic (exact) mass is 513 g/mol. The maximum atomic E-state index is 13.0. The third-order valence-corrected chi connectivity index (χ3v) is 5.66. The second-order valence-electron chi connectivity index (χ2n) is 7.03. The van der Waals surface area contributed by atoms with Crippen LogP contribution in [-0.4, -0.2) is 29.9 Å². The number of nitrogens with one attached hydrogen (secondary N) is 1. The van der Waals surface area contributed by atoms with Crippen molar-refractivity contribution in [1.82, 2.24) is 10.3 Å². The summed E-state index contributed by atoms with van der Waals surface area (Å²) in [7, 11) is 1.74. The molecule has 30 heavy (non-hydrogen) atoms. The van der Waals surface area contributed by atoms with Crippen molar-refractivity contribution in [1.29, 1.82) is 0 Å². The van der Waals surface area contributed by atoms with Gasteiger partial charge in [0.25, 0.3) is 5.91 Å². The lowest BCUT2D eigenvalue weighted by atomic mass is 10.1. The normalized spacial score (nSPS) is 15.9. The van der Waals surface area contributed by atoms with Gasteiger partial charge in [-0.3, -0.25) is 14.6 Å². The van der Waals surface area contributed by atoms with E-state index in [1.54, 1.807) is 24.1 Å². The van der Waals surface area contributed by atoms with Gasteiger partial charge >= 0.3 is 0 Å². The highest BCUT2D eigenvalue weighted by Gasteiger charge is 2.30. The van der Waals surface area contributed by atoms with Gasteiger partial charge in [-0.1, -0.05) is 24.3 Å². The SMILES string of the molecule is CN1C(=O)C(NC(=O)c2cc(Oc3ccccc3)ccn2)CCc2ccc(I)cc21. The predicted octanol–water partition coefficient (Wildman–Crippen LogP) is 4.19. The van der Waals surface area contributed by atoms with Crippen LogP contribution in [0, 0.1) is 3.57 Å². The van der Waals surface area contributed by atoms with Gasteiger partial charge in [-0.25, -0.2) is 0 Å². The number of pyridine rings is 1. The molecule has 6 nitrogen and oxygen atoms in total. The van der Waals surface area contributed by atoms with E-state index in [1.807, 2.05) is 48.5 Å². The average molecular weight is 513 g/mol. The number of nitrogens with zero attached hydrogens (tertiary/aromatic N) is 2. The van der Waals surface area contributed by atoms with Crippen molar-refractivity contribution in [2.45, 2.75) is 18.9 Å². The molecule has 0 radical (unpaired) electrons. The highest BCUT2D eigenvalue weighted by molar-refractivity contribution is 14.1. The number of aromatic nitrogens is 1. The molecule has 0 fully saturated rings. The number of aryl methyl sites for hydroxylation is 1. The largest absolute Gasteiger partial charge is 0.457 e. The Morgan fingerprint density at radius 3 is 2.73 bits per heavy atom. The van der Waals surface area contributed by atoms with Crippen molar-refractivity contribution in [3.05, 3.63) is 81.7 Å². The fraction of sp³-hybridized carbons (Fsp3) is 0.174. The number of anilines is 1. The Kier molecular flexibility index (Phi) is 5.98. The number of rotatable bonds is 4. The molecule has 152 valence electrons. The molecule has 4 rings (SSSR count). The third-order valence-electron chi connectivity index (χ3n) is 4.99. The van der Waals surface area contributed by atoms with Crippen LogP contribution in [0.4, 0.5) is 5.69 Å². The Hall–Kier alpha value is -2.94. The number of benzene rings is 2. The highest BCUT2D eigenvalue weighted by Crippen LogP contribution is 2.28. The molecule has 1 aliphatic rings. The average Bonchev–Trinajstić information content (AvgIpc) is 2.87. The number of hydrogen-bond acceptors (Lipinski definition) is 4. The van der Waals surface area contributed by atoms with Crippen LogP contribution in [-0.2, 0) is 11.2 Å². The van der Waals surface area contributed by atoms with Crippen LogP contribution >= 0.6 is 22.6 Å². The molecule has 0 bridgehead atoms. The highest BCUT2D eigenvalue weighted by atomic mass is 127. The number of likely N-dealkylation sites (N-methyl/N-ethyl adjacent to an activating group) is 1. The lowest BCUT2D eigenvalue weighted by molar-refractivity contribution is -0.120. The molecule has 1 aromatic heterocycles. The van der Waals surface area contributed by atoms with E-state index in [-0.39, 0.29) is 11.6 Å². The molecule has 3 aromatic rings. The molecule has 0 aliphatic carbocycles. The van der Waals surface area contributed by atoms with Crippen molar-refractivity contribution in [2.75, 3.05) is 11.9 Å². The Balaban J connectivity index is 1.49. The lowest BCUT2D eigenvalue weighted by Crippen LogP contribution is -2.46. The number of hydrogen-bond donors (Lipinski definition) is 1. The van der Waals surface area contributed by atoms with Gasteiger partial charge in [0.05, 0.1) is 0 Å². The van der Waals surface area contributed by atoms with Crippen LogP contribution < -0.4 is 15.0 Å². The van der Waals surface area contributed by atoms with Crippen LogP contribution in [0.3, 0.4) is 0 Å². The Morgan fingerprint density at radius 2 is 1.93 bits per heavy atom. The summed E-state index contributed by atoms with van der Waals surface area (Å²) < 4.78 is 6.84. The Labute approximate surface area is 188 Å². The molecular formula is C23H20IN3O3.